The fraction of sp³-hybridized carbons (Fsp3) is 0.588. The number of carbonyl (C=O) groups excluding carboxylic acids is 3. The second-order valence-corrected chi connectivity index (χ2v) is 6.56. The molecule has 1 aromatic rings. The molecule has 1 aromatic heterocycles. The highest BCUT2D eigenvalue weighted by Gasteiger charge is 2.26. The van der Waals surface area contributed by atoms with Crippen molar-refractivity contribution in [3.8, 4) is 0 Å². The fourth-order valence-electron chi connectivity index (χ4n) is 1.87. The summed E-state index contributed by atoms with van der Waals surface area (Å²) in [6, 6.07) is 0.986. The van der Waals surface area contributed by atoms with Gasteiger partial charge in [0.25, 0.3) is 0 Å². The molecule has 7 heteroatoms. The molecule has 0 spiro atoms. The van der Waals surface area contributed by atoms with E-state index in [-0.39, 0.29) is 5.91 Å². The number of aromatic nitrogens is 1. The Morgan fingerprint density at radius 1 is 1.25 bits per heavy atom. The average Bonchev–Trinajstić information content (AvgIpc) is 2.98. The van der Waals surface area contributed by atoms with Gasteiger partial charge in [-0.3, -0.25) is 9.59 Å². The normalized spacial score (nSPS) is 12.3. The lowest BCUT2D eigenvalue weighted by Crippen LogP contribution is -2.43. The SMILES string of the molecule is CCCC(=O)NC(Cc1cc[nH]c1)C(=O)OCOC(=O)C(C)(C)C. The van der Waals surface area contributed by atoms with E-state index in [1.807, 2.05) is 13.0 Å². The summed E-state index contributed by atoms with van der Waals surface area (Å²) in [6.07, 6.45) is 4.78. The minimum Gasteiger partial charge on any atom is -0.427 e. The van der Waals surface area contributed by atoms with Crippen molar-refractivity contribution in [3.63, 3.8) is 0 Å². The molecule has 2 N–H and O–H groups in total. The third-order valence-corrected chi connectivity index (χ3v) is 3.20. The summed E-state index contributed by atoms with van der Waals surface area (Å²) >= 11 is 0. The first-order chi connectivity index (χ1) is 11.2. The van der Waals surface area contributed by atoms with Gasteiger partial charge in [0.1, 0.15) is 6.04 Å². The van der Waals surface area contributed by atoms with Crippen LogP contribution in [0.5, 0.6) is 0 Å². The van der Waals surface area contributed by atoms with E-state index in [0.29, 0.717) is 19.3 Å². The molecule has 0 aliphatic rings. The molecule has 1 unspecified atom stereocenters. The Bertz CT molecular complexity index is 546. The molecule has 0 aliphatic carbocycles. The Morgan fingerprint density at radius 2 is 1.96 bits per heavy atom. The number of H-pyrrole nitrogens is 1. The van der Waals surface area contributed by atoms with Crippen molar-refractivity contribution >= 4 is 17.8 Å². The van der Waals surface area contributed by atoms with Crippen LogP contribution in [0.3, 0.4) is 0 Å². The van der Waals surface area contributed by atoms with Crippen molar-refractivity contribution in [3.05, 3.63) is 24.0 Å². The van der Waals surface area contributed by atoms with Gasteiger partial charge in [0.05, 0.1) is 5.41 Å². The lowest BCUT2D eigenvalue weighted by atomic mass is 9.98. The minimum atomic E-state index is -0.826. The van der Waals surface area contributed by atoms with E-state index in [1.54, 1.807) is 33.2 Å². The van der Waals surface area contributed by atoms with Crippen LogP contribution in [0.4, 0.5) is 0 Å². The van der Waals surface area contributed by atoms with Gasteiger partial charge >= 0.3 is 11.9 Å². The Labute approximate surface area is 142 Å². The average molecular weight is 338 g/mol. The molecule has 1 rings (SSSR count). The predicted octanol–water partition coefficient (Wildman–Crippen LogP) is 1.93. The maximum absolute atomic E-state index is 12.2. The Morgan fingerprint density at radius 3 is 2.50 bits per heavy atom. The topological polar surface area (TPSA) is 97.5 Å². The summed E-state index contributed by atoms with van der Waals surface area (Å²) in [7, 11) is 0. The molecule has 0 saturated heterocycles. The van der Waals surface area contributed by atoms with Crippen molar-refractivity contribution in [2.24, 2.45) is 5.41 Å². The van der Waals surface area contributed by atoms with E-state index < -0.39 is 30.2 Å². The minimum absolute atomic E-state index is 0.221. The summed E-state index contributed by atoms with van der Waals surface area (Å²) in [4.78, 5) is 38.5. The largest absolute Gasteiger partial charge is 0.427 e. The number of hydrogen-bond acceptors (Lipinski definition) is 5. The smallest absolute Gasteiger partial charge is 0.331 e. The van der Waals surface area contributed by atoms with Crippen LogP contribution in [-0.4, -0.2) is 35.7 Å². The maximum atomic E-state index is 12.2. The zero-order valence-electron chi connectivity index (χ0n) is 14.7. The van der Waals surface area contributed by atoms with Gasteiger partial charge in [-0.25, -0.2) is 4.79 Å². The third kappa shape index (κ3) is 6.85. The number of hydrogen-bond donors (Lipinski definition) is 2. The van der Waals surface area contributed by atoms with Crippen molar-refractivity contribution in [2.75, 3.05) is 6.79 Å². The quantitative estimate of drug-likeness (QED) is 0.557. The molecule has 1 heterocycles. The highest BCUT2D eigenvalue weighted by atomic mass is 16.7. The van der Waals surface area contributed by atoms with Crippen LogP contribution in [0.25, 0.3) is 0 Å². The molecule has 0 aliphatic heterocycles. The van der Waals surface area contributed by atoms with E-state index in [9.17, 15) is 14.4 Å². The highest BCUT2D eigenvalue weighted by molar-refractivity contribution is 5.84. The monoisotopic (exact) mass is 338 g/mol. The van der Waals surface area contributed by atoms with E-state index in [0.717, 1.165) is 5.56 Å². The molecule has 7 nitrogen and oxygen atoms in total. The molecule has 0 radical (unpaired) electrons. The molecule has 1 atom stereocenters. The second-order valence-electron chi connectivity index (χ2n) is 6.56. The fourth-order valence-corrected chi connectivity index (χ4v) is 1.87. The Kier molecular flexibility index (Phi) is 7.48. The van der Waals surface area contributed by atoms with E-state index in [2.05, 4.69) is 10.3 Å². The molecular formula is C17H26N2O5. The number of ether oxygens (including phenoxy) is 2. The number of aromatic amines is 1. The predicted molar refractivity (Wildman–Crippen MR) is 87.8 cm³/mol. The number of amides is 1. The van der Waals surface area contributed by atoms with Gasteiger partial charge in [-0.1, -0.05) is 6.92 Å². The maximum Gasteiger partial charge on any atom is 0.331 e. The van der Waals surface area contributed by atoms with Crippen LogP contribution in [0.15, 0.2) is 18.5 Å². The number of carbonyl (C=O) groups is 3. The summed E-state index contributed by atoms with van der Waals surface area (Å²) < 4.78 is 9.90. The first-order valence-corrected chi connectivity index (χ1v) is 7.99. The molecule has 0 saturated carbocycles. The molecule has 134 valence electrons. The summed E-state index contributed by atoms with van der Waals surface area (Å²) in [6.45, 7) is 6.53. The van der Waals surface area contributed by atoms with Crippen molar-refractivity contribution in [1.29, 1.82) is 0 Å². The van der Waals surface area contributed by atoms with Crippen LogP contribution in [-0.2, 0) is 30.3 Å². The van der Waals surface area contributed by atoms with E-state index >= 15 is 0 Å². The second kappa shape index (κ2) is 9.10. The first kappa shape index (κ1) is 19.7. The van der Waals surface area contributed by atoms with Gasteiger partial charge in [0.15, 0.2) is 0 Å². The van der Waals surface area contributed by atoms with Crippen molar-refractivity contribution < 1.29 is 23.9 Å². The van der Waals surface area contributed by atoms with Gasteiger partial charge in [0, 0.05) is 25.2 Å². The summed E-state index contributed by atoms with van der Waals surface area (Å²) in [5, 5.41) is 2.66. The number of nitrogens with one attached hydrogen (secondary N) is 2. The number of rotatable bonds is 8. The van der Waals surface area contributed by atoms with Crippen LogP contribution in [0.1, 0.15) is 46.1 Å². The van der Waals surface area contributed by atoms with Crippen LogP contribution in [0, 0.1) is 5.41 Å². The first-order valence-electron chi connectivity index (χ1n) is 7.99. The van der Waals surface area contributed by atoms with Gasteiger partial charge in [-0.05, 0) is 38.8 Å². The summed E-state index contributed by atoms with van der Waals surface area (Å²) in [5.74, 6) is -1.32. The zero-order chi connectivity index (χ0) is 18.2. The molecule has 0 bridgehead atoms. The van der Waals surface area contributed by atoms with E-state index in [1.165, 1.54) is 0 Å². The van der Waals surface area contributed by atoms with Crippen LogP contribution >= 0.6 is 0 Å². The molecule has 0 aromatic carbocycles. The van der Waals surface area contributed by atoms with Gasteiger partial charge in [0.2, 0.25) is 12.7 Å². The van der Waals surface area contributed by atoms with E-state index in [4.69, 9.17) is 9.47 Å². The Balaban J connectivity index is 2.59. The Hall–Kier alpha value is -2.31. The zero-order valence-corrected chi connectivity index (χ0v) is 14.7. The summed E-state index contributed by atoms with van der Waals surface area (Å²) in [5.41, 5.74) is 0.187. The third-order valence-electron chi connectivity index (χ3n) is 3.20. The van der Waals surface area contributed by atoms with Crippen LogP contribution < -0.4 is 5.32 Å². The van der Waals surface area contributed by atoms with Gasteiger partial charge in [-0.2, -0.15) is 0 Å². The molecule has 0 fully saturated rings. The van der Waals surface area contributed by atoms with Gasteiger partial charge in [-0.15, -0.1) is 0 Å². The molecule has 1 amide bonds. The molecular weight excluding hydrogens is 312 g/mol. The molecule has 24 heavy (non-hydrogen) atoms. The highest BCUT2D eigenvalue weighted by Crippen LogP contribution is 2.15. The standard InChI is InChI=1S/C17H26N2O5/c1-5-6-14(20)19-13(9-12-7-8-18-10-12)15(21)23-11-24-16(22)17(2,3)4/h7-8,10,13,18H,5-6,9,11H2,1-4H3,(H,19,20). The van der Waals surface area contributed by atoms with Crippen molar-refractivity contribution in [1.82, 2.24) is 10.3 Å². The van der Waals surface area contributed by atoms with Crippen molar-refractivity contribution in [2.45, 2.75) is 53.0 Å². The number of esters is 2. The lowest BCUT2D eigenvalue weighted by Gasteiger charge is -2.19. The van der Waals surface area contributed by atoms with Crippen LogP contribution in [0.2, 0.25) is 0 Å². The lowest BCUT2D eigenvalue weighted by molar-refractivity contribution is -0.174. The van der Waals surface area contributed by atoms with Gasteiger partial charge < -0.3 is 19.8 Å².